The number of ketones is 1. The third-order valence-electron chi connectivity index (χ3n) is 6.33. The van der Waals surface area contributed by atoms with E-state index in [1.54, 1.807) is 23.5 Å². The van der Waals surface area contributed by atoms with Crippen molar-refractivity contribution in [2.45, 2.75) is 24.4 Å². The van der Waals surface area contributed by atoms with Gasteiger partial charge in [0.1, 0.15) is 5.01 Å². The van der Waals surface area contributed by atoms with Crippen molar-refractivity contribution >= 4 is 23.0 Å². The summed E-state index contributed by atoms with van der Waals surface area (Å²) in [5.41, 5.74) is 1.97. The standard InChI is InChI=1S/C26H21F3N4O4S/c27-26(28,29)20(34)23-32-21(33-37-23)17-7-4-8-18(13-17)22(35)30-15-25(9-11-36-12-10-25)24-31-19(14-38-24)16-5-2-1-3-6-16/h1-8,13-14H,9-12,15H2,(H,30,35). The highest BCUT2D eigenvalue weighted by Crippen LogP contribution is 2.38. The molecule has 2 aromatic carbocycles. The van der Waals surface area contributed by atoms with E-state index in [9.17, 15) is 22.8 Å². The van der Waals surface area contributed by atoms with Gasteiger partial charge in [-0.1, -0.05) is 47.6 Å². The highest BCUT2D eigenvalue weighted by Gasteiger charge is 2.43. The highest BCUT2D eigenvalue weighted by atomic mass is 32.1. The number of carbonyl (C=O) groups excluding carboxylic acids is 2. The molecule has 1 amide bonds. The zero-order valence-electron chi connectivity index (χ0n) is 19.8. The molecule has 0 saturated carbocycles. The number of alkyl halides is 3. The van der Waals surface area contributed by atoms with Crippen LogP contribution in [0.4, 0.5) is 13.2 Å². The van der Waals surface area contributed by atoms with Crippen LogP contribution in [0, 0.1) is 0 Å². The number of Topliss-reactive ketones (excluding diaryl/α,β-unsaturated/α-hetero) is 1. The first-order chi connectivity index (χ1) is 18.2. The molecule has 0 aliphatic carbocycles. The van der Waals surface area contributed by atoms with E-state index in [-0.39, 0.29) is 22.9 Å². The largest absolute Gasteiger partial charge is 0.460 e. The molecular formula is C26H21F3N4O4S. The van der Waals surface area contributed by atoms with Crippen molar-refractivity contribution in [1.29, 1.82) is 0 Å². The normalized spacial score (nSPS) is 15.2. The Bertz CT molecular complexity index is 1450. The molecule has 196 valence electrons. The number of hydrogen-bond acceptors (Lipinski definition) is 8. The van der Waals surface area contributed by atoms with Gasteiger partial charge in [-0.05, 0) is 25.0 Å². The minimum absolute atomic E-state index is 0.232. The summed E-state index contributed by atoms with van der Waals surface area (Å²) in [5, 5.41) is 9.37. The summed E-state index contributed by atoms with van der Waals surface area (Å²) in [6.45, 7) is 1.42. The first-order valence-electron chi connectivity index (χ1n) is 11.7. The maximum absolute atomic E-state index is 13.1. The topological polar surface area (TPSA) is 107 Å². The van der Waals surface area contributed by atoms with E-state index in [1.807, 2.05) is 35.7 Å². The van der Waals surface area contributed by atoms with Gasteiger partial charge in [-0.3, -0.25) is 9.59 Å². The van der Waals surface area contributed by atoms with Gasteiger partial charge in [0.25, 0.3) is 5.91 Å². The van der Waals surface area contributed by atoms with Crippen LogP contribution in [0.25, 0.3) is 22.6 Å². The number of nitrogens with zero attached hydrogens (tertiary/aromatic N) is 3. The molecule has 2 aromatic heterocycles. The minimum atomic E-state index is -5.13. The second-order valence-electron chi connectivity index (χ2n) is 8.81. The summed E-state index contributed by atoms with van der Waals surface area (Å²) < 4.78 is 48.0. The summed E-state index contributed by atoms with van der Waals surface area (Å²) in [6.07, 6.45) is -3.76. The van der Waals surface area contributed by atoms with Crippen LogP contribution in [0.1, 0.15) is 38.9 Å². The molecule has 1 saturated heterocycles. The molecule has 12 heteroatoms. The van der Waals surface area contributed by atoms with Crippen LogP contribution >= 0.6 is 11.3 Å². The molecule has 0 radical (unpaired) electrons. The molecule has 0 bridgehead atoms. The average Bonchev–Trinajstić information content (AvgIpc) is 3.63. The van der Waals surface area contributed by atoms with E-state index in [0.717, 1.165) is 16.3 Å². The van der Waals surface area contributed by atoms with Gasteiger partial charge in [0.15, 0.2) is 0 Å². The Morgan fingerprint density at radius 3 is 2.47 bits per heavy atom. The lowest BCUT2D eigenvalue weighted by atomic mass is 9.80. The number of amides is 1. The number of hydrogen-bond donors (Lipinski definition) is 1. The van der Waals surface area contributed by atoms with Crippen molar-refractivity contribution < 1.29 is 32.0 Å². The fourth-order valence-corrected chi connectivity index (χ4v) is 5.28. The Morgan fingerprint density at radius 1 is 1.00 bits per heavy atom. The lowest BCUT2D eigenvalue weighted by Crippen LogP contribution is -2.44. The summed E-state index contributed by atoms with van der Waals surface area (Å²) >= 11 is 1.55. The molecule has 1 fully saturated rings. The molecule has 0 atom stereocenters. The van der Waals surface area contributed by atoms with Gasteiger partial charge in [0, 0.05) is 47.2 Å². The molecule has 5 rings (SSSR count). The zero-order valence-corrected chi connectivity index (χ0v) is 20.6. The number of halogens is 3. The number of nitrogens with one attached hydrogen (secondary N) is 1. The Kier molecular flexibility index (Phi) is 7.09. The first kappa shape index (κ1) is 25.7. The van der Waals surface area contributed by atoms with Crippen LogP contribution in [0.15, 0.2) is 64.5 Å². The molecule has 4 aromatic rings. The summed E-state index contributed by atoms with van der Waals surface area (Å²) in [6, 6.07) is 15.9. The Labute approximate surface area is 218 Å². The number of benzene rings is 2. The molecule has 1 aliphatic rings. The molecule has 38 heavy (non-hydrogen) atoms. The molecule has 0 spiro atoms. The monoisotopic (exact) mass is 542 g/mol. The fourth-order valence-electron chi connectivity index (χ4n) is 4.19. The van der Waals surface area contributed by atoms with Gasteiger partial charge in [-0.25, -0.2) is 4.98 Å². The number of ether oxygens (including phenoxy) is 1. The number of rotatable bonds is 7. The Hall–Kier alpha value is -3.90. The van der Waals surface area contributed by atoms with Gasteiger partial charge in [0.05, 0.1) is 5.69 Å². The van der Waals surface area contributed by atoms with Gasteiger partial charge >= 0.3 is 17.9 Å². The van der Waals surface area contributed by atoms with Crippen molar-refractivity contribution in [3.63, 3.8) is 0 Å². The third kappa shape index (κ3) is 5.36. The predicted molar refractivity (Wildman–Crippen MR) is 132 cm³/mol. The fraction of sp³-hybridized carbons (Fsp3) is 0.269. The van der Waals surface area contributed by atoms with Crippen molar-refractivity contribution in [2.24, 2.45) is 0 Å². The van der Waals surface area contributed by atoms with Gasteiger partial charge in [-0.15, -0.1) is 11.3 Å². The minimum Gasteiger partial charge on any atom is -0.381 e. The molecule has 8 nitrogen and oxygen atoms in total. The van der Waals surface area contributed by atoms with Crippen LogP contribution in [0.2, 0.25) is 0 Å². The molecular weight excluding hydrogens is 521 g/mol. The number of thiazole rings is 1. The third-order valence-corrected chi connectivity index (χ3v) is 7.41. The molecule has 3 heterocycles. The molecule has 1 aliphatic heterocycles. The quantitative estimate of drug-likeness (QED) is 0.325. The second-order valence-corrected chi connectivity index (χ2v) is 9.67. The lowest BCUT2D eigenvalue weighted by Gasteiger charge is -2.35. The van der Waals surface area contributed by atoms with E-state index in [1.165, 1.54) is 12.1 Å². The smallest absolute Gasteiger partial charge is 0.381 e. The number of carbonyl (C=O) groups is 2. The van der Waals surface area contributed by atoms with E-state index in [0.29, 0.717) is 32.6 Å². The summed E-state index contributed by atoms with van der Waals surface area (Å²) in [5.74, 6) is -4.01. The van der Waals surface area contributed by atoms with E-state index >= 15 is 0 Å². The van der Waals surface area contributed by atoms with E-state index in [4.69, 9.17) is 9.72 Å². The van der Waals surface area contributed by atoms with Gasteiger partial charge < -0.3 is 14.6 Å². The molecule has 1 N–H and O–H groups in total. The van der Waals surface area contributed by atoms with Crippen LogP contribution in [0.5, 0.6) is 0 Å². The summed E-state index contributed by atoms with van der Waals surface area (Å²) in [4.78, 5) is 32.9. The van der Waals surface area contributed by atoms with Crippen molar-refractivity contribution in [1.82, 2.24) is 20.4 Å². The maximum Gasteiger partial charge on any atom is 0.460 e. The van der Waals surface area contributed by atoms with Crippen LogP contribution < -0.4 is 5.32 Å². The van der Waals surface area contributed by atoms with E-state index in [2.05, 4.69) is 20.0 Å². The predicted octanol–water partition coefficient (Wildman–Crippen LogP) is 5.08. The van der Waals surface area contributed by atoms with Crippen molar-refractivity contribution in [2.75, 3.05) is 19.8 Å². The van der Waals surface area contributed by atoms with Crippen molar-refractivity contribution in [3.8, 4) is 22.6 Å². The number of aromatic nitrogens is 3. The van der Waals surface area contributed by atoms with Gasteiger partial charge in [0.2, 0.25) is 5.82 Å². The van der Waals surface area contributed by atoms with Gasteiger partial charge in [-0.2, -0.15) is 18.2 Å². The molecule has 0 unspecified atom stereocenters. The highest BCUT2D eigenvalue weighted by molar-refractivity contribution is 7.10. The first-order valence-corrected chi connectivity index (χ1v) is 12.6. The van der Waals surface area contributed by atoms with Crippen molar-refractivity contribution in [3.05, 3.63) is 76.4 Å². The van der Waals surface area contributed by atoms with E-state index < -0.39 is 23.3 Å². The zero-order chi connectivity index (χ0) is 26.8. The van der Waals surface area contributed by atoms with Crippen LogP contribution in [-0.2, 0) is 10.2 Å². The lowest BCUT2D eigenvalue weighted by molar-refractivity contribution is -0.0906. The Balaban J connectivity index is 1.33. The van der Waals surface area contributed by atoms with Crippen LogP contribution in [-0.4, -0.2) is 52.7 Å². The van der Waals surface area contributed by atoms with Crippen LogP contribution in [0.3, 0.4) is 0 Å². The average molecular weight is 543 g/mol. The maximum atomic E-state index is 13.1. The SMILES string of the molecule is O=C(NCC1(c2nc(-c3ccccc3)cs2)CCOCC1)c1cccc(-c2noc(C(=O)C(F)(F)F)n2)c1. The Morgan fingerprint density at radius 2 is 1.74 bits per heavy atom. The second kappa shape index (κ2) is 10.5. The summed E-state index contributed by atoms with van der Waals surface area (Å²) in [7, 11) is 0.